The molecule has 0 spiro atoms. The number of nitrogens with zero attached hydrogens (tertiary/aromatic N) is 1. The normalized spacial score (nSPS) is 18.5. The molecule has 1 aromatic heterocycles. The summed E-state index contributed by atoms with van der Waals surface area (Å²) >= 11 is 0. The Morgan fingerprint density at radius 3 is 2.22 bits per heavy atom. The topological polar surface area (TPSA) is 145 Å². The number of hydrogen-bond donors (Lipinski definition) is 5. The van der Waals surface area contributed by atoms with Crippen LogP contribution in [-0.4, -0.2) is 78.1 Å². The number of carbonyl (C=O) groups is 4. The van der Waals surface area contributed by atoms with E-state index in [4.69, 9.17) is 4.74 Å². The number of rotatable bonds is 11. The van der Waals surface area contributed by atoms with Gasteiger partial charge in [0.15, 0.2) is 0 Å². The maximum atomic E-state index is 13.9. The average molecular weight is 817 g/mol. The van der Waals surface area contributed by atoms with Crippen molar-refractivity contribution in [3.63, 3.8) is 0 Å². The molecule has 1 aliphatic carbocycles. The molecule has 4 amide bonds. The Hall–Kier alpha value is -5.37. The molecule has 2 fully saturated rings. The largest absolute Gasteiger partial charge is 0.444 e. The lowest BCUT2D eigenvalue weighted by Crippen LogP contribution is -2.48. The van der Waals surface area contributed by atoms with Gasteiger partial charge in [0.05, 0.1) is 0 Å². The van der Waals surface area contributed by atoms with Gasteiger partial charge in [0, 0.05) is 47.1 Å². The molecule has 59 heavy (non-hydrogen) atoms. The van der Waals surface area contributed by atoms with Crippen molar-refractivity contribution in [2.24, 2.45) is 11.8 Å². The molecule has 0 unspecified atom stereocenters. The van der Waals surface area contributed by atoms with Crippen molar-refractivity contribution in [3.8, 4) is 11.1 Å². The maximum absolute atomic E-state index is 13.9. The highest BCUT2D eigenvalue weighted by molar-refractivity contribution is 5.99. The first-order valence-electron chi connectivity index (χ1n) is 20.4. The second-order valence-electron chi connectivity index (χ2n) is 17.1. The van der Waals surface area contributed by atoms with Gasteiger partial charge in [-0.25, -0.2) is 4.79 Å². The number of anilines is 1. The van der Waals surface area contributed by atoms with Crippen LogP contribution >= 0.6 is 0 Å². The number of likely N-dealkylation sites (tertiary alicyclic amines) is 1. The summed E-state index contributed by atoms with van der Waals surface area (Å²) in [6.07, 6.45) is -0.433. The minimum atomic E-state index is -4.55. The zero-order chi connectivity index (χ0) is 42.5. The molecule has 11 nitrogen and oxygen atoms in total. The summed E-state index contributed by atoms with van der Waals surface area (Å²) < 4.78 is 45.4. The van der Waals surface area contributed by atoms with Crippen LogP contribution in [0.15, 0.2) is 66.7 Å². The lowest BCUT2D eigenvalue weighted by Gasteiger charge is -2.29. The highest BCUT2D eigenvalue weighted by Crippen LogP contribution is 2.33. The number of piperidine rings is 1. The van der Waals surface area contributed by atoms with Gasteiger partial charge in [0.25, 0.3) is 5.91 Å². The van der Waals surface area contributed by atoms with Gasteiger partial charge in [-0.1, -0.05) is 30.3 Å². The number of aromatic nitrogens is 1. The molecule has 1 saturated heterocycles. The number of fused-ring (bicyclic) bond motifs is 1. The van der Waals surface area contributed by atoms with E-state index < -0.39 is 35.5 Å². The van der Waals surface area contributed by atoms with Crippen LogP contribution in [0, 0.1) is 18.8 Å². The van der Waals surface area contributed by atoms with Crippen LogP contribution in [0.4, 0.5) is 23.7 Å². The van der Waals surface area contributed by atoms with E-state index in [1.165, 1.54) is 18.2 Å². The molecule has 0 bridgehead atoms. The number of halogens is 3. The van der Waals surface area contributed by atoms with Crippen molar-refractivity contribution in [1.82, 2.24) is 25.8 Å². The van der Waals surface area contributed by atoms with Crippen LogP contribution in [0.25, 0.3) is 22.0 Å². The van der Waals surface area contributed by atoms with E-state index in [2.05, 4.69) is 38.2 Å². The van der Waals surface area contributed by atoms with Crippen LogP contribution in [0.1, 0.15) is 86.5 Å². The first kappa shape index (κ1) is 43.2. The summed E-state index contributed by atoms with van der Waals surface area (Å²) in [6, 6.07) is 18.0. The van der Waals surface area contributed by atoms with Crippen molar-refractivity contribution in [2.45, 2.75) is 96.5 Å². The first-order valence-corrected chi connectivity index (χ1v) is 20.4. The highest BCUT2D eigenvalue weighted by Gasteiger charge is 2.33. The molecule has 1 aliphatic heterocycles. The zero-order valence-electron chi connectivity index (χ0n) is 34.4. The van der Waals surface area contributed by atoms with Crippen LogP contribution in [0.5, 0.6) is 0 Å². The van der Waals surface area contributed by atoms with Crippen molar-refractivity contribution < 1.29 is 37.1 Å². The van der Waals surface area contributed by atoms with Crippen LogP contribution < -0.4 is 21.3 Å². The molecule has 0 radical (unpaired) electrons. The second-order valence-corrected chi connectivity index (χ2v) is 17.1. The minimum Gasteiger partial charge on any atom is -0.444 e. The molecule has 2 aliphatic rings. The number of aryl methyl sites for hydroxylation is 1. The van der Waals surface area contributed by atoms with Gasteiger partial charge in [0.2, 0.25) is 11.8 Å². The summed E-state index contributed by atoms with van der Waals surface area (Å²) in [5, 5.41) is 12.1. The number of ether oxygens (including phenoxy) is 1. The number of amides is 4. The number of aromatic amines is 1. The van der Waals surface area contributed by atoms with Crippen LogP contribution in [0.2, 0.25) is 0 Å². The van der Waals surface area contributed by atoms with Crippen LogP contribution in [-0.2, 0) is 26.9 Å². The second kappa shape index (κ2) is 18.3. The predicted molar refractivity (Wildman–Crippen MR) is 222 cm³/mol. The standard InChI is InChI=1S/C45H55F3N6O5/c1-27-22-32(41(56)50-34-18-20-54(5)21-19-34)14-16-36(27)30-10-6-28(7-11-30)23-38(42(57)51-35-15-17-37-33(24-35)25-39(52-37)45(46,47)48)53-40(55)31-12-8-29(9-13-31)26-49-43(58)59-44(2,3)4/h6-7,10-11,14-17,22,24-25,29,31,34,38,52H,8-9,12-13,18-21,23,26H2,1-5H3,(H,49,58)(H,50,56)(H,51,57)(H,53,55)/t29-,31-,38-/m0/s1. The van der Waals surface area contributed by atoms with Gasteiger partial charge < -0.3 is 35.9 Å². The number of hydrogen-bond acceptors (Lipinski definition) is 6. The number of H-pyrrole nitrogens is 1. The smallest absolute Gasteiger partial charge is 0.431 e. The SMILES string of the molecule is Cc1cc(C(=O)NC2CCN(C)CC2)ccc1-c1ccc(C[C@H](NC(=O)[C@H]2CC[C@H](CNC(=O)OC(C)(C)C)CC2)C(=O)Nc2ccc3[nH]c(C(F)(F)F)cc3c2)cc1. The molecular formula is C45H55F3N6O5. The Morgan fingerprint density at radius 2 is 1.58 bits per heavy atom. The molecule has 1 atom stereocenters. The van der Waals surface area contributed by atoms with Gasteiger partial charge in [-0.05, 0) is 151 Å². The van der Waals surface area contributed by atoms with Gasteiger partial charge in [-0.2, -0.15) is 13.2 Å². The fourth-order valence-electron chi connectivity index (χ4n) is 7.87. The number of alkyl halides is 3. The fourth-order valence-corrected chi connectivity index (χ4v) is 7.87. The van der Waals surface area contributed by atoms with E-state index in [1.807, 2.05) is 49.4 Å². The molecule has 14 heteroatoms. The maximum Gasteiger partial charge on any atom is 0.431 e. The van der Waals surface area contributed by atoms with Crippen LogP contribution in [0.3, 0.4) is 0 Å². The lowest BCUT2D eigenvalue weighted by atomic mass is 9.81. The van der Waals surface area contributed by atoms with E-state index in [1.54, 1.807) is 20.8 Å². The zero-order valence-corrected chi connectivity index (χ0v) is 34.4. The fraction of sp³-hybridized carbons (Fsp3) is 0.467. The van der Waals surface area contributed by atoms with Crippen molar-refractivity contribution in [1.29, 1.82) is 0 Å². The van der Waals surface area contributed by atoms with Crippen molar-refractivity contribution in [3.05, 3.63) is 89.1 Å². The molecule has 2 heterocycles. The average Bonchev–Trinajstić information content (AvgIpc) is 3.62. The van der Waals surface area contributed by atoms with Crippen molar-refractivity contribution >= 4 is 40.4 Å². The van der Waals surface area contributed by atoms with Gasteiger partial charge >= 0.3 is 12.3 Å². The van der Waals surface area contributed by atoms with E-state index in [0.717, 1.165) is 54.3 Å². The summed E-state index contributed by atoms with van der Waals surface area (Å²) in [7, 11) is 2.08. The van der Waals surface area contributed by atoms with E-state index in [9.17, 15) is 32.3 Å². The Balaban J connectivity index is 1.12. The number of alkyl carbamates (subject to hydrolysis) is 1. The first-order chi connectivity index (χ1) is 27.9. The number of carbonyl (C=O) groups excluding carboxylic acids is 4. The third-order valence-corrected chi connectivity index (χ3v) is 11.2. The van der Waals surface area contributed by atoms with Gasteiger partial charge in [-0.15, -0.1) is 0 Å². The van der Waals surface area contributed by atoms with E-state index >= 15 is 0 Å². The Labute approximate surface area is 343 Å². The summed E-state index contributed by atoms with van der Waals surface area (Å²) in [5.41, 5.74) is 3.29. The molecular weight excluding hydrogens is 762 g/mol. The molecule has 6 rings (SSSR count). The van der Waals surface area contributed by atoms with Crippen molar-refractivity contribution in [2.75, 3.05) is 32.0 Å². The quantitative estimate of drug-likeness (QED) is 0.104. The molecule has 1 saturated carbocycles. The lowest BCUT2D eigenvalue weighted by molar-refractivity contribution is -0.140. The molecule has 316 valence electrons. The summed E-state index contributed by atoms with van der Waals surface area (Å²) in [5.74, 6) is -0.995. The summed E-state index contributed by atoms with van der Waals surface area (Å²) in [4.78, 5) is 57.4. The monoisotopic (exact) mass is 816 g/mol. The Morgan fingerprint density at radius 1 is 0.881 bits per heavy atom. The number of nitrogens with one attached hydrogen (secondary N) is 5. The predicted octanol–water partition coefficient (Wildman–Crippen LogP) is 7.98. The Bertz CT molecular complexity index is 2130. The van der Waals surface area contributed by atoms with E-state index in [-0.39, 0.29) is 47.0 Å². The summed E-state index contributed by atoms with van der Waals surface area (Å²) in [6.45, 7) is 9.71. The molecule has 3 aromatic carbocycles. The number of benzene rings is 3. The van der Waals surface area contributed by atoms with E-state index in [0.29, 0.717) is 43.5 Å². The molecule has 4 aromatic rings. The third-order valence-electron chi connectivity index (χ3n) is 11.2. The minimum absolute atomic E-state index is 0.0850. The highest BCUT2D eigenvalue weighted by atomic mass is 19.4. The third kappa shape index (κ3) is 11.9. The van der Waals surface area contributed by atoms with Gasteiger partial charge in [-0.3, -0.25) is 14.4 Å². The Kier molecular flexibility index (Phi) is 13.4. The van der Waals surface area contributed by atoms with Gasteiger partial charge in [0.1, 0.15) is 17.3 Å². The molecule has 5 N–H and O–H groups in total.